The van der Waals surface area contributed by atoms with E-state index in [1.807, 2.05) is 30.3 Å². The van der Waals surface area contributed by atoms with Crippen molar-refractivity contribution < 1.29 is 9.72 Å². The predicted octanol–water partition coefficient (Wildman–Crippen LogP) is 3.56. The van der Waals surface area contributed by atoms with E-state index >= 15 is 0 Å². The molecule has 20 heavy (non-hydrogen) atoms. The Hall–Kier alpha value is -2.95. The van der Waals surface area contributed by atoms with Crippen molar-refractivity contribution in [3.63, 3.8) is 0 Å². The first-order chi connectivity index (χ1) is 9.72. The Balaban J connectivity index is 2.37. The summed E-state index contributed by atoms with van der Waals surface area (Å²) in [6.45, 7) is 0. The van der Waals surface area contributed by atoms with E-state index < -0.39 is 4.92 Å². The number of benzene rings is 2. The van der Waals surface area contributed by atoms with Crippen LogP contribution >= 0.6 is 0 Å². The van der Waals surface area contributed by atoms with E-state index in [-0.39, 0.29) is 5.69 Å². The first-order valence-corrected chi connectivity index (χ1v) is 6.02. The lowest BCUT2D eigenvalue weighted by Gasteiger charge is -1.98. The Morgan fingerprint density at radius 3 is 2.45 bits per heavy atom. The Labute approximate surface area is 114 Å². The molecule has 0 aliphatic rings. The number of non-ortho nitro benzene ring substituents is 1. The maximum atomic E-state index is 11.4. The smallest absolute Gasteiger partial charge is 0.293 e. The Kier molecular flexibility index (Phi) is 2.80. The van der Waals surface area contributed by atoms with Crippen molar-refractivity contribution in [2.75, 3.05) is 0 Å². The summed E-state index contributed by atoms with van der Waals surface area (Å²) in [5.74, 6) is 0. The lowest BCUT2D eigenvalue weighted by Crippen LogP contribution is -1.88. The number of rotatable bonds is 3. The molecule has 0 atom stereocenters. The molecule has 3 rings (SSSR count). The molecule has 5 heteroatoms. The van der Waals surface area contributed by atoms with Gasteiger partial charge in [-0.3, -0.25) is 14.9 Å². The van der Waals surface area contributed by atoms with Gasteiger partial charge in [0.25, 0.3) is 5.69 Å². The zero-order valence-electron chi connectivity index (χ0n) is 10.4. The molecule has 5 nitrogen and oxygen atoms in total. The second-order valence-electron chi connectivity index (χ2n) is 4.35. The average Bonchev–Trinajstić information content (AvgIpc) is 2.86. The maximum Gasteiger partial charge on any atom is 0.293 e. The summed E-state index contributed by atoms with van der Waals surface area (Å²) < 4.78 is 0. The monoisotopic (exact) mass is 266 g/mol. The summed E-state index contributed by atoms with van der Waals surface area (Å²) in [7, 11) is 0. The lowest BCUT2D eigenvalue weighted by molar-refractivity contribution is -0.383. The lowest BCUT2D eigenvalue weighted by atomic mass is 10.1. The van der Waals surface area contributed by atoms with Crippen LogP contribution in [0.5, 0.6) is 0 Å². The van der Waals surface area contributed by atoms with E-state index in [9.17, 15) is 14.9 Å². The van der Waals surface area contributed by atoms with Crippen LogP contribution in [-0.2, 0) is 0 Å². The molecule has 0 fully saturated rings. The summed E-state index contributed by atoms with van der Waals surface area (Å²) in [4.78, 5) is 25.0. The van der Waals surface area contributed by atoms with Crippen molar-refractivity contribution in [1.29, 1.82) is 0 Å². The molecule has 1 heterocycles. The molecule has 0 spiro atoms. The van der Waals surface area contributed by atoms with Gasteiger partial charge in [-0.05, 0) is 5.56 Å². The van der Waals surface area contributed by atoms with Crippen LogP contribution in [0.2, 0.25) is 0 Å². The minimum absolute atomic E-state index is 0.0345. The normalized spacial score (nSPS) is 10.6. The summed E-state index contributed by atoms with van der Waals surface area (Å²) in [5, 5.41) is 11.6. The van der Waals surface area contributed by atoms with Crippen LogP contribution in [-0.4, -0.2) is 16.2 Å². The topological polar surface area (TPSA) is 76.0 Å². The Morgan fingerprint density at radius 2 is 1.80 bits per heavy atom. The third kappa shape index (κ3) is 1.76. The highest BCUT2D eigenvalue weighted by Crippen LogP contribution is 2.33. The SMILES string of the molecule is O=Cc1c(-c2ccccc2)[nH]c2c([N+](=O)[O-])cccc12. The first kappa shape index (κ1) is 12.1. The zero-order valence-corrected chi connectivity index (χ0v) is 10.4. The number of H-pyrrole nitrogens is 1. The van der Waals surface area contributed by atoms with E-state index in [0.717, 1.165) is 11.8 Å². The first-order valence-electron chi connectivity index (χ1n) is 6.02. The van der Waals surface area contributed by atoms with Crippen LogP contribution in [0.15, 0.2) is 48.5 Å². The summed E-state index contributed by atoms with van der Waals surface area (Å²) >= 11 is 0. The highest BCUT2D eigenvalue weighted by molar-refractivity contribution is 6.06. The second-order valence-corrected chi connectivity index (χ2v) is 4.35. The van der Waals surface area contributed by atoms with Crippen molar-refractivity contribution in [3.05, 3.63) is 64.2 Å². The molecular formula is C15H10N2O3. The molecule has 1 N–H and O–H groups in total. The number of nitrogens with zero attached hydrogens (tertiary/aromatic N) is 1. The molecule has 0 saturated heterocycles. The number of aldehydes is 1. The number of carbonyl (C=O) groups is 1. The number of nitrogens with one attached hydrogen (secondary N) is 1. The number of aromatic nitrogens is 1. The second kappa shape index (κ2) is 4.62. The maximum absolute atomic E-state index is 11.4. The van der Waals surface area contributed by atoms with E-state index in [1.54, 1.807) is 12.1 Å². The standard InChI is InChI=1S/C15H10N2O3/c18-9-12-11-7-4-8-13(17(19)20)15(11)16-14(12)10-5-2-1-3-6-10/h1-9,16H. The van der Waals surface area contributed by atoms with Crippen molar-refractivity contribution in [3.8, 4) is 11.3 Å². The molecular weight excluding hydrogens is 256 g/mol. The van der Waals surface area contributed by atoms with Gasteiger partial charge in [0.1, 0.15) is 5.52 Å². The van der Waals surface area contributed by atoms with Crippen molar-refractivity contribution in [2.24, 2.45) is 0 Å². The number of fused-ring (bicyclic) bond motifs is 1. The van der Waals surface area contributed by atoms with Crippen molar-refractivity contribution in [2.45, 2.75) is 0 Å². The van der Waals surface area contributed by atoms with E-state index in [4.69, 9.17) is 0 Å². The number of para-hydroxylation sites is 1. The van der Waals surface area contributed by atoms with Gasteiger partial charge < -0.3 is 4.98 Å². The fourth-order valence-corrected chi connectivity index (χ4v) is 2.33. The third-order valence-corrected chi connectivity index (χ3v) is 3.23. The summed E-state index contributed by atoms with van der Waals surface area (Å²) in [5.41, 5.74) is 2.20. The molecule has 2 aromatic carbocycles. The van der Waals surface area contributed by atoms with Crippen LogP contribution in [0.4, 0.5) is 5.69 Å². The van der Waals surface area contributed by atoms with Gasteiger partial charge in [-0.2, -0.15) is 0 Å². The van der Waals surface area contributed by atoms with Crippen LogP contribution in [0.1, 0.15) is 10.4 Å². The van der Waals surface area contributed by atoms with Crippen molar-refractivity contribution >= 4 is 22.9 Å². The number of hydrogen-bond acceptors (Lipinski definition) is 3. The minimum atomic E-state index is -0.456. The molecule has 0 radical (unpaired) electrons. The largest absolute Gasteiger partial charge is 0.348 e. The van der Waals surface area contributed by atoms with Crippen LogP contribution < -0.4 is 0 Å². The van der Waals surface area contributed by atoms with E-state index in [0.29, 0.717) is 22.2 Å². The Morgan fingerprint density at radius 1 is 1.05 bits per heavy atom. The highest BCUT2D eigenvalue weighted by atomic mass is 16.6. The Bertz CT molecular complexity index is 807. The molecule has 0 unspecified atom stereocenters. The van der Waals surface area contributed by atoms with Crippen LogP contribution in [0.25, 0.3) is 22.2 Å². The van der Waals surface area contributed by atoms with Gasteiger partial charge in [0.05, 0.1) is 10.6 Å². The molecule has 98 valence electrons. The highest BCUT2D eigenvalue weighted by Gasteiger charge is 2.19. The van der Waals surface area contributed by atoms with Gasteiger partial charge in [0, 0.05) is 17.0 Å². The molecule has 3 aromatic rings. The van der Waals surface area contributed by atoms with E-state index in [1.165, 1.54) is 6.07 Å². The fraction of sp³-hybridized carbons (Fsp3) is 0. The fourth-order valence-electron chi connectivity index (χ4n) is 2.33. The molecule has 1 aromatic heterocycles. The van der Waals surface area contributed by atoms with E-state index in [2.05, 4.69) is 4.98 Å². The molecule has 0 saturated carbocycles. The summed E-state index contributed by atoms with van der Waals surface area (Å²) in [6, 6.07) is 14.0. The van der Waals surface area contributed by atoms with Gasteiger partial charge in [0.2, 0.25) is 0 Å². The molecule has 0 bridgehead atoms. The van der Waals surface area contributed by atoms with Gasteiger partial charge in [0.15, 0.2) is 6.29 Å². The molecule has 0 aliphatic heterocycles. The van der Waals surface area contributed by atoms with Gasteiger partial charge in [-0.25, -0.2) is 0 Å². The van der Waals surface area contributed by atoms with Crippen LogP contribution in [0.3, 0.4) is 0 Å². The zero-order chi connectivity index (χ0) is 14.1. The summed E-state index contributed by atoms with van der Waals surface area (Å²) in [6.07, 6.45) is 0.727. The van der Waals surface area contributed by atoms with Gasteiger partial charge in [-0.1, -0.05) is 42.5 Å². The average molecular weight is 266 g/mol. The number of nitro benzene ring substituents is 1. The third-order valence-electron chi connectivity index (χ3n) is 3.23. The number of nitro groups is 1. The number of carbonyl (C=O) groups excluding carboxylic acids is 1. The van der Waals surface area contributed by atoms with Crippen molar-refractivity contribution in [1.82, 2.24) is 4.98 Å². The minimum Gasteiger partial charge on any atom is -0.348 e. The number of aromatic amines is 1. The predicted molar refractivity (Wildman–Crippen MR) is 75.8 cm³/mol. The molecule has 0 amide bonds. The van der Waals surface area contributed by atoms with Crippen LogP contribution in [0, 0.1) is 10.1 Å². The molecule has 0 aliphatic carbocycles. The number of hydrogen-bond donors (Lipinski definition) is 1. The quantitative estimate of drug-likeness (QED) is 0.447. The van der Waals surface area contributed by atoms with Gasteiger partial charge in [-0.15, -0.1) is 0 Å². The van der Waals surface area contributed by atoms with Gasteiger partial charge >= 0.3 is 0 Å².